The Morgan fingerprint density at radius 1 is 1.31 bits per heavy atom. The zero-order valence-electron chi connectivity index (χ0n) is 6.81. The summed E-state index contributed by atoms with van der Waals surface area (Å²) in [7, 11) is 0. The van der Waals surface area contributed by atoms with E-state index >= 15 is 0 Å². The molecule has 0 aromatic heterocycles. The fourth-order valence-corrected chi connectivity index (χ4v) is 3.41. The van der Waals surface area contributed by atoms with E-state index in [4.69, 9.17) is 0 Å². The van der Waals surface area contributed by atoms with E-state index in [1.54, 1.807) is 24.1 Å². The van der Waals surface area contributed by atoms with Crippen LogP contribution in [-0.4, -0.2) is 10.3 Å². The van der Waals surface area contributed by atoms with Crippen molar-refractivity contribution < 1.29 is 0 Å². The molecule has 1 fully saturated rings. The third-order valence-electron chi connectivity index (χ3n) is 2.20. The molecule has 0 spiro atoms. The normalized spacial score (nSPS) is 29.5. The van der Waals surface area contributed by atoms with E-state index < -0.39 is 0 Å². The quantitative estimate of drug-likeness (QED) is 0.614. The lowest BCUT2D eigenvalue weighted by molar-refractivity contribution is 0.567. The Morgan fingerprint density at radius 3 is 3.31 bits per heavy atom. The van der Waals surface area contributed by atoms with Crippen molar-refractivity contribution in [1.82, 2.24) is 8.43 Å². The van der Waals surface area contributed by atoms with Crippen molar-refractivity contribution in [2.75, 3.05) is 0 Å². The van der Waals surface area contributed by atoms with Crippen molar-refractivity contribution in [3.05, 3.63) is 47.1 Å². The van der Waals surface area contributed by atoms with Crippen LogP contribution in [-0.2, 0) is 0 Å². The van der Waals surface area contributed by atoms with Gasteiger partial charge in [0, 0.05) is 12.1 Å². The summed E-state index contributed by atoms with van der Waals surface area (Å²) in [6.45, 7) is 0. The number of rotatable bonds is 0. The van der Waals surface area contributed by atoms with Gasteiger partial charge in [-0.3, -0.25) is 4.31 Å². The van der Waals surface area contributed by atoms with Crippen molar-refractivity contribution in [3.63, 3.8) is 0 Å². The second-order valence-electron chi connectivity index (χ2n) is 2.96. The fourth-order valence-electron chi connectivity index (χ4n) is 1.57. The summed E-state index contributed by atoms with van der Waals surface area (Å²) in [6.07, 6.45) is 12.9. The van der Waals surface area contributed by atoms with E-state index in [2.05, 4.69) is 44.9 Å². The van der Waals surface area contributed by atoms with Crippen LogP contribution in [0.15, 0.2) is 47.1 Å². The highest BCUT2D eigenvalue weighted by molar-refractivity contribution is 8.17. The van der Waals surface area contributed by atoms with Gasteiger partial charge in [-0.15, -0.1) is 0 Å². The molecule has 13 heavy (non-hydrogen) atoms. The van der Waals surface area contributed by atoms with E-state index in [1.165, 1.54) is 10.6 Å². The van der Waals surface area contributed by atoms with Gasteiger partial charge < -0.3 is 0 Å². The van der Waals surface area contributed by atoms with E-state index in [9.17, 15) is 0 Å². The lowest BCUT2D eigenvalue weighted by Crippen LogP contribution is -2.28. The predicted molar refractivity (Wildman–Crippen MR) is 58.4 cm³/mol. The molecule has 1 unspecified atom stereocenters. The second-order valence-corrected chi connectivity index (χ2v) is 4.83. The predicted octanol–water partition coefficient (Wildman–Crippen LogP) is 2.38. The summed E-state index contributed by atoms with van der Waals surface area (Å²) in [5, 5.41) is 1.29. The lowest BCUT2D eigenvalue weighted by atomic mass is 10.00. The molecule has 0 saturated carbocycles. The third-order valence-corrected chi connectivity index (χ3v) is 4.11. The van der Waals surface area contributed by atoms with Crippen LogP contribution in [0.25, 0.3) is 0 Å². The van der Waals surface area contributed by atoms with Gasteiger partial charge in [0.1, 0.15) is 0 Å². The SMILES string of the molecule is C1=CC2=CC=C3SNSN3C2C=C1. The molecule has 0 aromatic rings. The molecule has 4 heteroatoms. The van der Waals surface area contributed by atoms with Gasteiger partial charge in [0.25, 0.3) is 0 Å². The van der Waals surface area contributed by atoms with Crippen LogP contribution in [0.4, 0.5) is 0 Å². The lowest BCUT2D eigenvalue weighted by Gasteiger charge is -2.29. The molecular weight excluding hydrogens is 200 g/mol. The summed E-state index contributed by atoms with van der Waals surface area (Å²) < 4.78 is 5.49. The minimum atomic E-state index is 0.414. The number of nitrogens with one attached hydrogen (secondary N) is 1. The molecule has 2 nitrogen and oxygen atoms in total. The molecule has 1 aliphatic carbocycles. The maximum absolute atomic E-state index is 3.20. The molecule has 2 aliphatic heterocycles. The average molecular weight is 208 g/mol. The summed E-state index contributed by atoms with van der Waals surface area (Å²) in [4.78, 5) is 0. The fraction of sp³-hybridized carbons (Fsp3) is 0.111. The zero-order valence-corrected chi connectivity index (χ0v) is 8.44. The highest BCUT2D eigenvalue weighted by Crippen LogP contribution is 2.41. The smallest absolute Gasteiger partial charge is 0.0987 e. The monoisotopic (exact) mass is 208 g/mol. The number of fused-ring (bicyclic) bond motifs is 3. The van der Waals surface area contributed by atoms with Crippen LogP contribution in [0.3, 0.4) is 0 Å². The average Bonchev–Trinajstić information content (AvgIpc) is 2.65. The standard InChI is InChI=1S/C9H8N2S2/c1-2-4-8-7(3-1)5-6-9-11(8)13-10-12-9/h1-6,8,10H. The van der Waals surface area contributed by atoms with E-state index in [1.807, 2.05) is 0 Å². The Labute approximate surface area is 85.8 Å². The van der Waals surface area contributed by atoms with E-state index in [-0.39, 0.29) is 0 Å². The first kappa shape index (κ1) is 7.79. The van der Waals surface area contributed by atoms with Gasteiger partial charge in [-0.05, 0) is 23.6 Å². The molecule has 0 radical (unpaired) electrons. The molecule has 0 amide bonds. The molecule has 2 heterocycles. The molecule has 3 rings (SSSR count). The summed E-state index contributed by atoms with van der Waals surface area (Å²) >= 11 is 3.34. The first-order chi connectivity index (χ1) is 6.45. The number of allylic oxidation sites excluding steroid dienone is 4. The van der Waals surface area contributed by atoms with Gasteiger partial charge in [0.2, 0.25) is 0 Å². The summed E-state index contributed by atoms with van der Waals surface area (Å²) in [6, 6.07) is 0.414. The maximum Gasteiger partial charge on any atom is 0.0987 e. The molecule has 3 aliphatic rings. The molecule has 1 saturated heterocycles. The first-order valence-corrected chi connectivity index (χ1v) is 5.69. The van der Waals surface area contributed by atoms with Gasteiger partial charge in [-0.2, -0.15) is 4.13 Å². The van der Waals surface area contributed by atoms with Gasteiger partial charge in [0.05, 0.1) is 11.1 Å². The van der Waals surface area contributed by atoms with Crippen LogP contribution in [0.1, 0.15) is 0 Å². The zero-order chi connectivity index (χ0) is 8.67. The van der Waals surface area contributed by atoms with Crippen LogP contribution in [0, 0.1) is 0 Å². The summed E-state index contributed by atoms with van der Waals surface area (Å²) in [5.74, 6) is 0. The Kier molecular flexibility index (Phi) is 1.78. The highest BCUT2D eigenvalue weighted by atomic mass is 32.2. The number of nitrogens with zero attached hydrogens (tertiary/aromatic N) is 1. The van der Waals surface area contributed by atoms with Crippen molar-refractivity contribution >= 4 is 24.1 Å². The Balaban J connectivity index is 2.03. The van der Waals surface area contributed by atoms with Crippen LogP contribution in [0.5, 0.6) is 0 Å². The third kappa shape index (κ3) is 1.17. The minimum absolute atomic E-state index is 0.414. The Morgan fingerprint density at radius 2 is 2.31 bits per heavy atom. The molecule has 0 aromatic carbocycles. The minimum Gasteiger partial charge on any atom is -0.284 e. The summed E-state index contributed by atoms with van der Waals surface area (Å²) in [5.41, 5.74) is 1.36. The van der Waals surface area contributed by atoms with Crippen LogP contribution >= 0.6 is 24.1 Å². The molecule has 66 valence electrons. The van der Waals surface area contributed by atoms with Crippen molar-refractivity contribution in [2.45, 2.75) is 6.04 Å². The number of hydrogen-bond donors (Lipinski definition) is 1. The molecule has 1 N–H and O–H groups in total. The van der Waals surface area contributed by atoms with Gasteiger partial charge in [-0.1, -0.05) is 30.4 Å². The van der Waals surface area contributed by atoms with E-state index in [0.29, 0.717) is 6.04 Å². The van der Waals surface area contributed by atoms with Crippen molar-refractivity contribution in [1.29, 1.82) is 0 Å². The molecule has 1 atom stereocenters. The second kappa shape index (κ2) is 2.97. The largest absolute Gasteiger partial charge is 0.284 e. The van der Waals surface area contributed by atoms with Crippen LogP contribution in [0.2, 0.25) is 0 Å². The topological polar surface area (TPSA) is 15.3 Å². The first-order valence-electron chi connectivity index (χ1n) is 4.10. The molecule has 0 bridgehead atoms. The Hall–Kier alpha value is -0.580. The highest BCUT2D eigenvalue weighted by Gasteiger charge is 2.30. The number of hydrogen-bond acceptors (Lipinski definition) is 4. The molecular formula is C9H8N2S2. The van der Waals surface area contributed by atoms with Crippen LogP contribution < -0.4 is 4.13 Å². The van der Waals surface area contributed by atoms with Crippen molar-refractivity contribution in [3.8, 4) is 0 Å². The van der Waals surface area contributed by atoms with Gasteiger partial charge in [-0.25, -0.2) is 0 Å². The Bertz CT molecular complexity index is 355. The maximum atomic E-state index is 3.20. The van der Waals surface area contributed by atoms with Gasteiger partial charge >= 0.3 is 0 Å². The van der Waals surface area contributed by atoms with E-state index in [0.717, 1.165) is 0 Å². The van der Waals surface area contributed by atoms with Crippen molar-refractivity contribution in [2.24, 2.45) is 0 Å². The van der Waals surface area contributed by atoms with Gasteiger partial charge in [0.15, 0.2) is 0 Å².